The summed E-state index contributed by atoms with van der Waals surface area (Å²) in [6.45, 7) is 1.17. The Hall–Kier alpha value is -1.50. The fraction of sp³-hybridized carbons (Fsp3) is 0.615. The van der Waals surface area contributed by atoms with Gasteiger partial charge in [0.25, 0.3) is 0 Å². The molecule has 1 atom stereocenters. The second-order valence-corrected chi connectivity index (χ2v) is 6.38. The van der Waals surface area contributed by atoms with Gasteiger partial charge in [0.2, 0.25) is 11.8 Å². The topological polar surface area (TPSA) is 83.6 Å². The zero-order chi connectivity index (χ0) is 14.1. The molecule has 0 aromatic carbocycles. The van der Waals surface area contributed by atoms with Crippen molar-refractivity contribution in [3.8, 4) is 0 Å². The van der Waals surface area contributed by atoms with E-state index in [1.807, 2.05) is 16.7 Å². The number of aromatic nitrogens is 1. The quantitative estimate of drug-likeness (QED) is 0.908. The highest BCUT2D eigenvalue weighted by atomic mass is 32.2. The summed E-state index contributed by atoms with van der Waals surface area (Å²) in [4.78, 5) is 28.7. The van der Waals surface area contributed by atoms with Crippen molar-refractivity contribution < 1.29 is 19.1 Å². The average molecular weight is 296 g/mol. The van der Waals surface area contributed by atoms with Gasteiger partial charge in [-0.05, 0) is 18.6 Å². The first-order valence-electron chi connectivity index (χ1n) is 6.70. The Balaban J connectivity index is 1.55. The maximum absolute atomic E-state index is 12.2. The predicted octanol–water partition coefficient (Wildman–Crippen LogP) is 1.44. The van der Waals surface area contributed by atoms with E-state index < -0.39 is 5.97 Å². The number of oxazole rings is 1. The van der Waals surface area contributed by atoms with Gasteiger partial charge in [0.1, 0.15) is 6.26 Å². The summed E-state index contributed by atoms with van der Waals surface area (Å²) in [6, 6.07) is 0. The molecule has 0 bridgehead atoms. The molecule has 3 rings (SSSR count). The van der Waals surface area contributed by atoms with E-state index in [0.717, 1.165) is 30.6 Å². The minimum atomic E-state index is -1.09. The van der Waals surface area contributed by atoms with Crippen LogP contribution in [0.4, 0.5) is 0 Å². The van der Waals surface area contributed by atoms with Crippen molar-refractivity contribution in [1.82, 2.24) is 9.88 Å². The monoisotopic (exact) mass is 296 g/mol. The lowest BCUT2D eigenvalue weighted by Crippen LogP contribution is -2.51. The number of carboxylic acids is 1. The summed E-state index contributed by atoms with van der Waals surface area (Å²) in [6.07, 6.45) is 3.25. The molecule has 108 valence electrons. The van der Waals surface area contributed by atoms with Crippen LogP contribution in [0, 0.1) is 5.92 Å². The van der Waals surface area contributed by atoms with Crippen LogP contribution in [-0.2, 0) is 4.79 Å². The average Bonchev–Trinajstić information content (AvgIpc) is 2.87. The molecule has 3 heterocycles. The molecule has 0 radical (unpaired) electrons. The molecular formula is C13H16N2O4S. The summed E-state index contributed by atoms with van der Waals surface area (Å²) in [5.74, 6) is 1.80. The largest absolute Gasteiger partial charge is 0.476 e. The molecule has 7 heteroatoms. The van der Waals surface area contributed by atoms with Crippen LogP contribution in [0.15, 0.2) is 10.7 Å². The fourth-order valence-electron chi connectivity index (χ4n) is 2.58. The molecule has 20 heavy (non-hydrogen) atoms. The van der Waals surface area contributed by atoms with Gasteiger partial charge in [0.15, 0.2) is 5.69 Å². The number of aromatic carboxylic acids is 1. The van der Waals surface area contributed by atoms with E-state index in [0.29, 0.717) is 19.0 Å². The number of carboxylic acid groups (broad SMARTS) is 1. The lowest BCUT2D eigenvalue weighted by Gasteiger charge is -2.40. The van der Waals surface area contributed by atoms with Crippen LogP contribution >= 0.6 is 11.8 Å². The Morgan fingerprint density at radius 2 is 2.25 bits per heavy atom. The Bertz CT molecular complexity index is 518. The van der Waals surface area contributed by atoms with Crippen molar-refractivity contribution in [2.45, 2.75) is 18.8 Å². The standard InChI is InChI=1S/C13H16N2O4S/c16-12(8-2-1-3-20-7-8)15-4-9(5-15)11-14-10(6-19-11)13(17)18/h6,8-9H,1-5,7H2,(H,17,18). The number of rotatable bonds is 3. The lowest BCUT2D eigenvalue weighted by atomic mass is 9.95. The highest BCUT2D eigenvalue weighted by molar-refractivity contribution is 7.99. The molecule has 2 saturated heterocycles. The molecule has 0 aliphatic carbocycles. The van der Waals surface area contributed by atoms with E-state index in [1.54, 1.807) is 0 Å². The third kappa shape index (κ3) is 2.54. The van der Waals surface area contributed by atoms with Crippen LogP contribution in [0.5, 0.6) is 0 Å². The molecule has 2 aliphatic heterocycles. The molecule has 1 unspecified atom stereocenters. The van der Waals surface area contributed by atoms with Crippen molar-refractivity contribution in [3.63, 3.8) is 0 Å². The second kappa shape index (κ2) is 5.47. The van der Waals surface area contributed by atoms with Crippen LogP contribution in [0.3, 0.4) is 0 Å². The smallest absolute Gasteiger partial charge is 0.357 e. The Morgan fingerprint density at radius 3 is 2.85 bits per heavy atom. The molecule has 2 fully saturated rings. The number of hydrogen-bond acceptors (Lipinski definition) is 5. The first-order valence-corrected chi connectivity index (χ1v) is 7.86. The Morgan fingerprint density at radius 1 is 1.45 bits per heavy atom. The second-order valence-electron chi connectivity index (χ2n) is 5.23. The van der Waals surface area contributed by atoms with E-state index >= 15 is 0 Å². The van der Waals surface area contributed by atoms with Crippen molar-refractivity contribution in [3.05, 3.63) is 17.8 Å². The first kappa shape index (κ1) is 13.5. The van der Waals surface area contributed by atoms with Gasteiger partial charge in [-0.3, -0.25) is 4.79 Å². The third-order valence-electron chi connectivity index (χ3n) is 3.79. The van der Waals surface area contributed by atoms with Crippen molar-refractivity contribution in [2.75, 3.05) is 24.6 Å². The predicted molar refractivity (Wildman–Crippen MR) is 72.8 cm³/mol. The number of thioether (sulfide) groups is 1. The van der Waals surface area contributed by atoms with Gasteiger partial charge in [-0.15, -0.1) is 0 Å². The van der Waals surface area contributed by atoms with Crippen LogP contribution in [0.25, 0.3) is 0 Å². The lowest BCUT2D eigenvalue weighted by molar-refractivity contribution is -0.140. The molecule has 1 aromatic heterocycles. The summed E-state index contributed by atoms with van der Waals surface area (Å²) < 4.78 is 5.17. The molecule has 0 spiro atoms. The Labute approximate surface area is 120 Å². The van der Waals surface area contributed by atoms with Gasteiger partial charge in [-0.1, -0.05) is 0 Å². The number of hydrogen-bond donors (Lipinski definition) is 1. The minimum Gasteiger partial charge on any atom is -0.476 e. The SMILES string of the molecule is O=C(O)c1coc(C2CN(C(=O)C3CCCSC3)C2)n1. The zero-order valence-electron chi connectivity index (χ0n) is 10.9. The van der Waals surface area contributed by atoms with Crippen molar-refractivity contribution in [2.24, 2.45) is 5.92 Å². The first-order chi connectivity index (χ1) is 9.65. The van der Waals surface area contributed by atoms with E-state index in [9.17, 15) is 9.59 Å². The Kier molecular flexibility index (Phi) is 3.69. The highest BCUT2D eigenvalue weighted by Gasteiger charge is 2.38. The van der Waals surface area contributed by atoms with Crippen molar-refractivity contribution in [1.29, 1.82) is 0 Å². The number of nitrogens with zero attached hydrogens (tertiary/aromatic N) is 2. The van der Waals surface area contributed by atoms with Gasteiger partial charge in [0.05, 0.1) is 5.92 Å². The number of carbonyl (C=O) groups is 2. The fourth-order valence-corrected chi connectivity index (χ4v) is 3.71. The van der Waals surface area contributed by atoms with Crippen LogP contribution in [-0.4, -0.2) is 51.5 Å². The number of amides is 1. The molecule has 1 amide bonds. The van der Waals surface area contributed by atoms with E-state index in [4.69, 9.17) is 9.52 Å². The summed E-state index contributed by atoms with van der Waals surface area (Å²) in [5.41, 5.74) is -0.0755. The normalized spacial score (nSPS) is 23.4. The van der Waals surface area contributed by atoms with Gasteiger partial charge in [-0.2, -0.15) is 11.8 Å². The molecule has 1 N–H and O–H groups in total. The zero-order valence-corrected chi connectivity index (χ0v) is 11.8. The molecule has 0 saturated carbocycles. The molecule has 2 aliphatic rings. The maximum Gasteiger partial charge on any atom is 0.357 e. The third-order valence-corrected chi connectivity index (χ3v) is 5.01. The van der Waals surface area contributed by atoms with Gasteiger partial charge in [0, 0.05) is 24.8 Å². The van der Waals surface area contributed by atoms with Crippen molar-refractivity contribution >= 4 is 23.6 Å². The van der Waals surface area contributed by atoms with Crippen LogP contribution in [0.2, 0.25) is 0 Å². The minimum absolute atomic E-state index is 0.0308. The summed E-state index contributed by atoms with van der Waals surface area (Å²) in [7, 11) is 0. The van der Waals surface area contributed by atoms with E-state index in [-0.39, 0.29) is 23.4 Å². The summed E-state index contributed by atoms with van der Waals surface area (Å²) >= 11 is 1.84. The molecule has 1 aromatic rings. The molecule has 6 nitrogen and oxygen atoms in total. The van der Waals surface area contributed by atoms with Gasteiger partial charge in [-0.25, -0.2) is 9.78 Å². The molecular weight excluding hydrogens is 280 g/mol. The van der Waals surface area contributed by atoms with E-state index in [1.165, 1.54) is 0 Å². The van der Waals surface area contributed by atoms with Crippen LogP contribution < -0.4 is 0 Å². The number of likely N-dealkylation sites (tertiary alicyclic amines) is 1. The summed E-state index contributed by atoms with van der Waals surface area (Å²) in [5, 5.41) is 8.79. The maximum atomic E-state index is 12.2. The van der Waals surface area contributed by atoms with Gasteiger partial charge < -0.3 is 14.4 Å². The van der Waals surface area contributed by atoms with E-state index in [2.05, 4.69) is 4.98 Å². The number of carbonyl (C=O) groups excluding carboxylic acids is 1. The van der Waals surface area contributed by atoms with Crippen LogP contribution in [0.1, 0.15) is 35.1 Å². The van der Waals surface area contributed by atoms with Gasteiger partial charge >= 0.3 is 5.97 Å². The highest BCUT2D eigenvalue weighted by Crippen LogP contribution is 2.31.